The van der Waals surface area contributed by atoms with Gasteiger partial charge in [0.15, 0.2) is 0 Å². The Hall–Kier alpha value is -1.93. The van der Waals surface area contributed by atoms with Gasteiger partial charge in [0.2, 0.25) is 0 Å². The van der Waals surface area contributed by atoms with Crippen molar-refractivity contribution >= 4 is 23.5 Å². The van der Waals surface area contributed by atoms with Crippen LogP contribution < -0.4 is 0 Å². The highest BCUT2D eigenvalue weighted by Crippen LogP contribution is 2.15. The van der Waals surface area contributed by atoms with Gasteiger partial charge in [0.05, 0.1) is 0 Å². The van der Waals surface area contributed by atoms with Crippen LogP contribution in [0.5, 0.6) is 0 Å². The van der Waals surface area contributed by atoms with Crippen molar-refractivity contribution in [1.29, 1.82) is 0 Å². The Morgan fingerprint density at radius 3 is 2.30 bits per heavy atom. The van der Waals surface area contributed by atoms with Gasteiger partial charge in [-0.3, -0.25) is 0 Å². The molecule has 0 N–H and O–H groups in total. The van der Waals surface area contributed by atoms with Crippen LogP contribution in [-0.2, 0) is 0 Å². The van der Waals surface area contributed by atoms with Crippen molar-refractivity contribution in [1.82, 2.24) is 0 Å². The van der Waals surface area contributed by atoms with E-state index >= 15 is 0 Å². The lowest BCUT2D eigenvalue weighted by molar-refractivity contribution is 1.00. The second kappa shape index (κ2) is 7.61. The van der Waals surface area contributed by atoms with Crippen LogP contribution in [0.15, 0.2) is 64.8 Å². The summed E-state index contributed by atoms with van der Waals surface area (Å²) in [6.45, 7) is 2.12. The summed E-state index contributed by atoms with van der Waals surface area (Å²) in [4.78, 5) is 0. The van der Waals surface area contributed by atoms with Crippen LogP contribution in [0.4, 0.5) is 0 Å². The largest absolute Gasteiger partial charge is 0.163 e. The quantitative estimate of drug-likeness (QED) is 0.547. The van der Waals surface area contributed by atoms with E-state index in [1.165, 1.54) is 0 Å². The molecule has 3 heteroatoms. The Labute approximate surface area is 124 Å². The first-order valence-electron chi connectivity index (χ1n) is 6.72. The normalized spacial score (nSPS) is 12.0. The molecule has 0 atom stereocenters. The lowest BCUT2D eigenvalue weighted by Crippen LogP contribution is -2.02. The van der Waals surface area contributed by atoms with Crippen molar-refractivity contribution in [3.8, 4) is 0 Å². The van der Waals surface area contributed by atoms with Crippen LogP contribution in [-0.4, -0.2) is 11.9 Å². The molecular formula is C17H17ClN2. The number of unbranched alkanes of at least 4 members (excludes halogenated alkanes) is 1. The van der Waals surface area contributed by atoms with Crippen LogP contribution >= 0.6 is 11.6 Å². The lowest BCUT2D eigenvalue weighted by Gasteiger charge is -2.05. The molecule has 0 unspecified atom stereocenters. The fourth-order valence-electron chi connectivity index (χ4n) is 1.77. The van der Waals surface area contributed by atoms with E-state index in [9.17, 15) is 0 Å². The van der Waals surface area contributed by atoms with E-state index in [0.717, 1.165) is 34.7 Å². The Morgan fingerprint density at radius 1 is 1.00 bits per heavy atom. The molecule has 0 heterocycles. The molecule has 2 nitrogen and oxygen atoms in total. The molecule has 0 bridgehead atoms. The molecule has 0 aliphatic heterocycles. The maximum atomic E-state index is 5.94. The molecule has 0 saturated heterocycles. The first-order chi connectivity index (χ1) is 9.81. The first-order valence-corrected chi connectivity index (χ1v) is 7.10. The number of hydrogen-bond acceptors (Lipinski definition) is 2. The predicted molar refractivity (Wildman–Crippen MR) is 86.9 cm³/mol. The van der Waals surface area contributed by atoms with Crippen LogP contribution in [0.2, 0.25) is 5.02 Å². The van der Waals surface area contributed by atoms with Crippen molar-refractivity contribution < 1.29 is 0 Å². The average molecular weight is 285 g/mol. The minimum Gasteiger partial charge on any atom is -0.163 e. The second-order valence-electron chi connectivity index (χ2n) is 4.41. The molecule has 0 aromatic heterocycles. The molecular weight excluding hydrogens is 268 g/mol. The summed E-state index contributed by atoms with van der Waals surface area (Å²) >= 11 is 5.94. The van der Waals surface area contributed by atoms with E-state index < -0.39 is 0 Å². The number of halogens is 1. The molecule has 0 aliphatic carbocycles. The van der Waals surface area contributed by atoms with Gasteiger partial charge in [-0.05, 0) is 18.6 Å². The number of rotatable bonds is 5. The predicted octanol–water partition coefficient (Wildman–Crippen LogP) is 4.96. The van der Waals surface area contributed by atoms with Gasteiger partial charge in [-0.1, -0.05) is 67.4 Å². The standard InChI is InChI=1S/C17H17ClN2/c1-2-3-13-19-20-17(14-7-5-4-6-8-14)15-9-11-16(18)12-10-15/h4-13H,2-3H2,1H3. The molecule has 0 radical (unpaired) electrons. The van der Waals surface area contributed by atoms with Crippen LogP contribution in [0.1, 0.15) is 30.9 Å². The van der Waals surface area contributed by atoms with Crippen LogP contribution in [0, 0.1) is 0 Å². The summed E-state index contributed by atoms with van der Waals surface area (Å²) in [6, 6.07) is 17.7. The second-order valence-corrected chi connectivity index (χ2v) is 4.84. The number of hydrogen-bond donors (Lipinski definition) is 0. The van der Waals surface area contributed by atoms with Gasteiger partial charge < -0.3 is 0 Å². The smallest absolute Gasteiger partial charge is 0.100 e. The van der Waals surface area contributed by atoms with Gasteiger partial charge in [-0.25, -0.2) is 0 Å². The molecule has 0 aliphatic rings. The topological polar surface area (TPSA) is 24.7 Å². The summed E-state index contributed by atoms with van der Waals surface area (Å²) in [6.07, 6.45) is 3.85. The van der Waals surface area contributed by atoms with Gasteiger partial charge in [0, 0.05) is 22.4 Å². The highest BCUT2D eigenvalue weighted by molar-refractivity contribution is 6.30. The zero-order chi connectivity index (χ0) is 14.2. The van der Waals surface area contributed by atoms with Crippen LogP contribution in [0.25, 0.3) is 0 Å². The molecule has 0 saturated carbocycles. The molecule has 2 rings (SSSR count). The molecule has 0 amide bonds. The zero-order valence-corrected chi connectivity index (χ0v) is 12.2. The number of nitrogens with zero attached hydrogens (tertiary/aromatic N) is 2. The van der Waals surface area contributed by atoms with E-state index in [1.807, 2.05) is 60.8 Å². The van der Waals surface area contributed by atoms with Crippen molar-refractivity contribution in [2.45, 2.75) is 19.8 Å². The fraction of sp³-hybridized carbons (Fsp3) is 0.176. The Kier molecular flexibility index (Phi) is 5.51. The summed E-state index contributed by atoms with van der Waals surface area (Å²) < 4.78 is 0. The molecule has 20 heavy (non-hydrogen) atoms. The van der Waals surface area contributed by atoms with E-state index in [0.29, 0.717) is 0 Å². The Bertz CT molecular complexity index is 586. The van der Waals surface area contributed by atoms with Crippen molar-refractivity contribution in [3.63, 3.8) is 0 Å². The van der Waals surface area contributed by atoms with Gasteiger partial charge >= 0.3 is 0 Å². The molecule has 0 fully saturated rings. The van der Waals surface area contributed by atoms with E-state index in [1.54, 1.807) is 0 Å². The summed E-state index contributed by atoms with van der Waals surface area (Å²) in [5.41, 5.74) is 2.91. The highest BCUT2D eigenvalue weighted by Gasteiger charge is 2.06. The third kappa shape index (κ3) is 4.04. The molecule has 2 aromatic rings. The lowest BCUT2D eigenvalue weighted by atomic mass is 10.0. The summed E-state index contributed by atoms with van der Waals surface area (Å²) in [5, 5.41) is 9.26. The molecule has 2 aromatic carbocycles. The monoisotopic (exact) mass is 284 g/mol. The Balaban J connectivity index is 2.36. The van der Waals surface area contributed by atoms with Gasteiger partial charge in [0.1, 0.15) is 5.71 Å². The fourth-order valence-corrected chi connectivity index (χ4v) is 1.90. The summed E-state index contributed by atoms with van der Waals surface area (Å²) in [7, 11) is 0. The Morgan fingerprint density at radius 2 is 1.65 bits per heavy atom. The third-order valence-corrected chi connectivity index (χ3v) is 3.07. The SMILES string of the molecule is CCCC=NN=C(c1ccccc1)c1ccc(Cl)cc1. The average Bonchev–Trinajstić information content (AvgIpc) is 2.50. The first kappa shape index (κ1) is 14.5. The van der Waals surface area contributed by atoms with Crippen molar-refractivity contribution in [2.24, 2.45) is 10.2 Å². The summed E-state index contributed by atoms with van der Waals surface area (Å²) in [5.74, 6) is 0. The van der Waals surface area contributed by atoms with Crippen molar-refractivity contribution in [2.75, 3.05) is 0 Å². The molecule has 102 valence electrons. The highest BCUT2D eigenvalue weighted by atomic mass is 35.5. The van der Waals surface area contributed by atoms with E-state index in [4.69, 9.17) is 11.6 Å². The van der Waals surface area contributed by atoms with Gasteiger partial charge in [-0.2, -0.15) is 10.2 Å². The zero-order valence-electron chi connectivity index (χ0n) is 11.5. The van der Waals surface area contributed by atoms with Crippen LogP contribution in [0.3, 0.4) is 0 Å². The number of benzene rings is 2. The van der Waals surface area contributed by atoms with Gasteiger partial charge in [-0.15, -0.1) is 0 Å². The molecule has 0 spiro atoms. The maximum absolute atomic E-state index is 5.94. The van der Waals surface area contributed by atoms with Gasteiger partial charge in [0.25, 0.3) is 0 Å². The van der Waals surface area contributed by atoms with E-state index in [2.05, 4.69) is 17.1 Å². The van der Waals surface area contributed by atoms with E-state index in [-0.39, 0.29) is 0 Å². The minimum atomic E-state index is 0.718. The maximum Gasteiger partial charge on any atom is 0.100 e. The third-order valence-electron chi connectivity index (χ3n) is 2.82. The minimum absolute atomic E-state index is 0.718. The van der Waals surface area contributed by atoms with Crippen molar-refractivity contribution in [3.05, 3.63) is 70.7 Å².